The van der Waals surface area contributed by atoms with Crippen LogP contribution in [0.3, 0.4) is 0 Å². The lowest BCUT2D eigenvalue weighted by atomic mass is 9.94. The molecule has 0 saturated carbocycles. The summed E-state index contributed by atoms with van der Waals surface area (Å²) in [5.41, 5.74) is 7.49. The number of thiazole rings is 1. The molecule has 0 aliphatic carbocycles. The highest BCUT2D eigenvalue weighted by Crippen LogP contribution is 2.44. The van der Waals surface area contributed by atoms with Gasteiger partial charge in [0, 0.05) is 42.4 Å². The molecule has 0 atom stereocenters. The van der Waals surface area contributed by atoms with Crippen LogP contribution in [-0.2, 0) is 0 Å². The Labute approximate surface area is 296 Å². The smallest absolute Gasteiger partial charge is 0.164 e. The second-order valence-electron chi connectivity index (χ2n) is 12.3. The van der Waals surface area contributed by atoms with Crippen molar-refractivity contribution < 1.29 is 0 Å². The molecule has 7 aromatic carbocycles. The van der Waals surface area contributed by atoms with Crippen LogP contribution in [0.5, 0.6) is 0 Å². The Morgan fingerprint density at radius 1 is 0.360 bits per heavy atom. The van der Waals surface area contributed by atoms with E-state index < -0.39 is 0 Å². The fourth-order valence-corrected chi connectivity index (χ4v) is 8.99. The topological polar surface area (TPSA) is 51.6 Å². The number of rotatable bonds is 5. The SMILES string of the molecule is c1ccc(-c2nc(-c3ccccc3)nc(-c3ccc4c(-c5cccc6sc7cc8sc(-c9ccccc9)nc8cc7c56)cccc4c3)n2)cc1. The zero-order chi connectivity index (χ0) is 33.0. The van der Waals surface area contributed by atoms with Crippen LogP contribution < -0.4 is 0 Å². The minimum atomic E-state index is 0.651. The van der Waals surface area contributed by atoms with Gasteiger partial charge in [0.15, 0.2) is 17.5 Å². The minimum Gasteiger partial charge on any atom is -0.236 e. The van der Waals surface area contributed by atoms with Crippen molar-refractivity contribution in [2.24, 2.45) is 0 Å². The third kappa shape index (κ3) is 4.96. The van der Waals surface area contributed by atoms with E-state index in [1.54, 1.807) is 11.3 Å². The monoisotopic (exact) mass is 674 g/mol. The third-order valence-electron chi connectivity index (χ3n) is 9.15. The fourth-order valence-electron chi connectivity index (χ4n) is 6.77. The molecule has 50 heavy (non-hydrogen) atoms. The largest absolute Gasteiger partial charge is 0.236 e. The molecule has 0 spiro atoms. The van der Waals surface area contributed by atoms with Gasteiger partial charge in [-0.2, -0.15) is 0 Å². The molecule has 0 bridgehead atoms. The van der Waals surface area contributed by atoms with E-state index in [1.807, 2.05) is 78.1 Å². The number of aromatic nitrogens is 4. The van der Waals surface area contributed by atoms with Gasteiger partial charge < -0.3 is 0 Å². The van der Waals surface area contributed by atoms with E-state index in [0.717, 1.165) is 38.2 Å². The Hall–Kier alpha value is -6.08. The fraction of sp³-hybridized carbons (Fsp3) is 0. The van der Waals surface area contributed by atoms with Crippen molar-refractivity contribution in [3.8, 4) is 55.9 Å². The van der Waals surface area contributed by atoms with Crippen LogP contribution in [0.25, 0.3) is 97.0 Å². The highest BCUT2D eigenvalue weighted by Gasteiger charge is 2.17. The molecule has 0 aliphatic rings. The maximum Gasteiger partial charge on any atom is 0.164 e. The maximum atomic E-state index is 5.07. The number of nitrogens with zero attached hydrogens (tertiary/aromatic N) is 4. The van der Waals surface area contributed by atoms with Crippen molar-refractivity contribution in [3.05, 3.63) is 158 Å². The second kappa shape index (κ2) is 11.8. The van der Waals surface area contributed by atoms with E-state index in [-0.39, 0.29) is 0 Å². The van der Waals surface area contributed by atoms with Crippen LogP contribution >= 0.6 is 22.7 Å². The van der Waals surface area contributed by atoms with Crippen molar-refractivity contribution in [1.82, 2.24) is 19.9 Å². The molecule has 6 heteroatoms. The summed E-state index contributed by atoms with van der Waals surface area (Å²) in [7, 11) is 0. The lowest BCUT2D eigenvalue weighted by molar-refractivity contribution is 1.07. The van der Waals surface area contributed by atoms with Crippen molar-refractivity contribution in [2.75, 3.05) is 0 Å². The van der Waals surface area contributed by atoms with E-state index in [0.29, 0.717) is 17.5 Å². The van der Waals surface area contributed by atoms with Crippen LogP contribution in [0.1, 0.15) is 0 Å². The van der Waals surface area contributed by atoms with Gasteiger partial charge in [0.2, 0.25) is 0 Å². The quantitative estimate of drug-likeness (QED) is 0.182. The van der Waals surface area contributed by atoms with E-state index in [2.05, 4.69) is 91.0 Å². The first-order valence-electron chi connectivity index (χ1n) is 16.5. The normalized spacial score (nSPS) is 11.6. The Morgan fingerprint density at radius 2 is 0.980 bits per heavy atom. The first-order chi connectivity index (χ1) is 24.7. The van der Waals surface area contributed by atoms with E-state index >= 15 is 0 Å². The molecular formula is C44H26N4S2. The summed E-state index contributed by atoms with van der Waals surface area (Å²) in [5.74, 6) is 1.96. The Kier molecular flexibility index (Phi) is 6.82. The van der Waals surface area contributed by atoms with Gasteiger partial charge in [-0.1, -0.05) is 133 Å². The number of benzene rings is 7. The maximum absolute atomic E-state index is 5.07. The minimum absolute atomic E-state index is 0.651. The molecule has 0 aliphatic heterocycles. The van der Waals surface area contributed by atoms with Crippen LogP contribution in [0, 0.1) is 0 Å². The van der Waals surface area contributed by atoms with Crippen LogP contribution in [0.15, 0.2) is 158 Å². The van der Waals surface area contributed by atoms with Gasteiger partial charge in [0.05, 0.1) is 10.2 Å². The molecule has 0 fully saturated rings. The molecule has 10 aromatic rings. The van der Waals surface area contributed by atoms with Gasteiger partial charge in [-0.15, -0.1) is 22.7 Å². The summed E-state index contributed by atoms with van der Waals surface area (Å²) in [6, 6.07) is 55.0. The standard InChI is InChI=1S/C44H26N4S2/c1-4-12-27(13-5-1)41-46-42(28-14-6-2-7-15-28)48-43(47-41)31-22-23-32-30(24-31)18-10-19-33(32)34-20-11-21-37-40(34)35-25-36-39(26-38(35)49-37)50-44(45-36)29-16-8-3-9-17-29/h1-26H. The molecule has 4 nitrogen and oxygen atoms in total. The second-order valence-corrected chi connectivity index (χ2v) is 14.4. The van der Waals surface area contributed by atoms with Gasteiger partial charge >= 0.3 is 0 Å². The van der Waals surface area contributed by atoms with E-state index in [1.165, 1.54) is 41.4 Å². The van der Waals surface area contributed by atoms with Crippen molar-refractivity contribution in [2.45, 2.75) is 0 Å². The predicted octanol–water partition coefficient (Wildman–Crippen LogP) is 12.3. The number of thiophene rings is 1. The van der Waals surface area contributed by atoms with Crippen molar-refractivity contribution in [3.63, 3.8) is 0 Å². The summed E-state index contributed by atoms with van der Waals surface area (Å²) >= 11 is 3.61. The molecular weight excluding hydrogens is 649 g/mol. The molecule has 0 amide bonds. The summed E-state index contributed by atoms with van der Waals surface area (Å²) in [4.78, 5) is 19.9. The van der Waals surface area contributed by atoms with Gasteiger partial charge in [0.25, 0.3) is 0 Å². The molecule has 3 heterocycles. The van der Waals surface area contributed by atoms with Gasteiger partial charge in [-0.05, 0) is 46.2 Å². The highest BCUT2D eigenvalue weighted by molar-refractivity contribution is 7.26. The molecule has 0 N–H and O–H groups in total. The summed E-state index contributed by atoms with van der Waals surface area (Å²) in [6.45, 7) is 0. The predicted molar refractivity (Wildman–Crippen MR) is 211 cm³/mol. The Balaban J connectivity index is 1.11. The summed E-state index contributed by atoms with van der Waals surface area (Å²) in [6.07, 6.45) is 0. The van der Waals surface area contributed by atoms with Crippen LogP contribution in [0.4, 0.5) is 0 Å². The van der Waals surface area contributed by atoms with Gasteiger partial charge in [0.1, 0.15) is 5.01 Å². The lowest BCUT2D eigenvalue weighted by Crippen LogP contribution is -2.00. The van der Waals surface area contributed by atoms with Gasteiger partial charge in [-0.3, -0.25) is 0 Å². The summed E-state index contributed by atoms with van der Waals surface area (Å²) in [5, 5.41) is 5.90. The first kappa shape index (κ1) is 28.9. The molecule has 0 radical (unpaired) electrons. The molecule has 10 rings (SSSR count). The van der Waals surface area contributed by atoms with Crippen molar-refractivity contribution >= 4 is 63.8 Å². The van der Waals surface area contributed by atoms with E-state index in [4.69, 9.17) is 19.9 Å². The van der Waals surface area contributed by atoms with Crippen molar-refractivity contribution in [1.29, 1.82) is 0 Å². The zero-order valence-corrected chi connectivity index (χ0v) is 28.2. The molecule has 234 valence electrons. The molecule has 3 aromatic heterocycles. The lowest BCUT2D eigenvalue weighted by Gasteiger charge is -2.12. The van der Waals surface area contributed by atoms with Gasteiger partial charge in [-0.25, -0.2) is 19.9 Å². The Morgan fingerprint density at radius 3 is 1.68 bits per heavy atom. The average molecular weight is 675 g/mol. The van der Waals surface area contributed by atoms with Crippen LogP contribution in [0.2, 0.25) is 0 Å². The zero-order valence-electron chi connectivity index (χ0n) is 26.6. The molecule has 0 unspecified atom stereocenters. The van der Waals surface area contributed by atoms with E-state index in [9.17, 15) is 0 Å². The van der Waals surface area contributed by atoms with Crippen LogP contribution in [-0.4, -0.2) is 19.9 Å². The number of hydrogen-bond donors (Lipinski definition) is 0. The third-order valence-corrected chi connectivity index (χ3v) is 11.3. The number of hydrogen-bond acceptors (Lipinski definition) is 6. The number of fused-ring (bicyclic) bond motifs is 5. The first-order valence-corrected chi connectivity index (χ1v) is 18.1. The molecule has 0 saturated heterocycles. The highest BCUT2D eigenvalue weighted by atomic mass is 32.1. The average Bonchev–Trinajstić information content (AvgIpc) is 3.78. The Bertz CT molecular complexity index is 2800. The summed E-state index contributed by atoms with van der Waals surface area (Å²) < 4.78 is 3.77.